The minimum Gasteiger partial charge on any atom is -0.348 e. The Morgan fingerprint density at radius 2 is 1.93 bits per heavy atom. The van der Waals surface area contributed by atoms with Crippen molar-refractivity contribution >= 4 is 34.0 Å². The monoisotopic (exact) mass is 427 g/mol. The molecular weight excluding hydrogens is 405 g/mol. The fraction of sp³-hybridized carbons (Fsp3) is 0.316. The van der Waals surface area contributed by atoms with E-state index in [0.29, 0.717) is 0 Å². The van der Waals surface area contributed by atoms with Crippen molar-refractivity contribution in [2.24, 2.45) is 0 Å². The average Bonchev–Trinajstić information content (AvgIpc) is 2.65. The maximum atomic E-state index is 13.7. The molecule has 2 atom stereocenters. The Hall–Kier alpha value is -2.16. The largest absolute Gasteiger partial charge is 0.348 e. The summed E-state index contributed by atoms with van der Waals surface area (Å²) in [6.07, 6.45) is 1.84. The zero-order chi connectivity index (χ0) is 19.4. The van der Waals surface area contributed by atoms with Gasteiger partial charge >= 0.3 is 0 Å². The van der Waals surface area contributed by atoms with E-state index in [9.17, 15) is 17.6 Å². The van der Waals surface area contributed by atoms with Gasteiger partial charge in [0.25, 0.3) is 15.9 Å². The third-order valence-corrected chi connectivity index (χ3v) is 5.97. The molecule has 0 spiro atoms. The Morgan fingerprint density at radius 3 is 2.64 bits per heavy atom. The standard InChI is InChI=1S/C19H22FN3O3S.ClH/c1-13-17(10-5-11-21-13)22-19(24)14-6-4-7-15(12-14)27(25,26)23-18-9-3-2-8-16(18)20;/h2-4,6-9,12-13,17,21,23H,5,10-11H2,1H3,(H,22,24);1H. The minimum absolute atomic E-state index is 0. The molecule has 9 heteroatoms. The van der Waals surface area contributed by atoms with Gasteiger partial charge in [0.15, 0.2) is 0 Å². The average molecular weight is 428 g/mol. The number of hydrogen-bond acceptors (Lipinski definition) is 4. The molecule has 2 unspecified atom stereocenters. The highest BCUT2D eigenvalue weighted by Crippen LogP contribution is 2.20. The summed E-state index contributed by atoms with van der Waals surface area (Å²) in [5.41, 5.74) is 0.0960. The smallest absolute Gasteiger partial charge is 0.262 e. The molecule has 28 heavy (non-hydrogen) atoms. The summed E-state index contributed by atoms with van der Waals surface area (Å²) in [6, 6.07) is 11.3. The van der Waals surface area contributed by atoms with Gasteiger partial charge in [-0.3, -0.25) is 9.52 Å². The third-order valence-electron chi connectivity index (χ3n) is 4.60. The maximum absolute atomic E-state index is 13.7. The molecule has 1 heterocycles. The van der Waals surface area contributed by atoms with Gasteiger partial charge in [-0.25, -0.2) is 12.8 Å². The van der Waals surface area contributed by atoms with Gasteiger partial charge in [-0.05, 0) is 56.6 Å². The van der Waals surface area contributed by atoms with Crippen LogP contribution >= 0.6 is 12.4 Å². The van der Waals surface area contributed by atoms with Crippen LogP contribution in [-0.4, -0.2) is 33.0 Å². The van der Waals surface area contributed by atoms with Crippen LogP contribution in [0.4, 0.5) is 10.1 Å². The summed E-state index contributed by atoms with van der Waals surface area (Å²) in [5, 5.41) is 6.25. The van der Waals surface area contributed by atoms with Crippen molar-refractivity contribution in [3.63, 3.8) is 0 Å². The number of carbonyl (C=O) groups excluding carboxylic acids is 1. The molecule has 0 bridgehead atoms. The number of para-hydroxylation sites is 1. The Morgan fingerprint density at radius 1 is 1.18 bits per heavy atom. The van der Waals surface area contributed by atoms with E-state index in [0.717, 1.165) is 19.4 Å². The molecule has 2 aromatic carbocycles. The topological polar surface area (TPSA) is 87.3 Å². The molecule has 0 aliphatic carbocycles. The Bertz CT molecular complexity index is 940. The van der Waals surface area contributed by atoms with Crippen LogP contribution in [0.15, 0.2) is 53.4 Å². The maximum Gasteiger partial charge on any atom is 0.262 e. The molecule has 1 saturated heterocycles. The van der Waals surface area contributed by atoms with Crippen LogP contribution in [-0.2, 0) is 10.0 Å². The molecule has 152 valence electrons. The molecule has 2 aromatic rings. The second-order valence-electron chi connectivity index (χ2n) is 6.58. The van der Waals surface area contributed by atoms with Gasteiger partial charge in [0.05, 0.1) is 10.6 Å². The normalized spacial score (nSPS) is 19.4. The number of amides is 1. The van der Waals surface area contributed by atoms with E-state index in [4.69, 9.17) is 0 Å². The predicted octanol–water partition coefficient (Wildman–Crippen LogP) is 2.92. The highest BCUT2D eigenvalue weighted by molar-refractivity contribution is 7.92. The molecule has 1 amide bonds. The summed E-state index contributed by atoms with van der Waals surface area (Å²) >= 11 is 0. The minimum atomic E-state index is -4.02. The number of sulfonamides is 1. The van der Waals surface area contributed by atoms with Gasteiger partial charge in [0.1, 0.15) is 5.82 Å². The van der Waals surface area contributed by atoms with E-state index >= 15 is 0 Å². The van der Waals surface area contributed by atoms with Crippen LogP contribution in [0.3, 0.4) is 0 Å². The number of rotatable bonds is 5. The molecule has 1 aliphatic heterocycles. The molecule has 0 radical (unpaired) electrons. The number of piperidine rings is 1. The summed E-state index contributed by atoms with van der Waals surface area (Å²) < 4.78 is 41.1. The Balaban J connectivity index is 0.00000280. The summed E-state index contributed by atoms with van der Waals surface area (Å²) in [6.45, 7) is 2.92. The first kappa shape index (κ1) is 22.1. The number of carbonyl (C=O) groups is 1. The van der Waals surface area contributed by atoms with Crippen molar-refractivity contribution in [2.75, 3.05) is 11.3 Å². The fourth-order valence-electron chi connectivity index (χ4n) is 3.05. The summed E-state index contributed by atoms with van der Waals surface area (Å²) in [4.78, 5) is 12.4. The lowest BCUT2D eigenvalue weighted by atomic mass is 9.99. The first-order valence-corrected chi connectivity index (χ1v) is 10.3. The summed E-state index contributed by atoms with van der Waals surface area (Å²) in [7, 11) is -4.02. The third kappa shape index (κ3) is 5.21. The van der Waals surface area contributed by atoms with Gasteiger partial charge < -0.3 is 10.6 Å². The molecule has 1 aliphatic rings. The molecule has 3 rings (SSSR count). The van der Waals surface area contributed by atoms with Crippen molar-refractivity contribution in [3.05, 3.63) is 59.9 Å². The highest BCUT2D eigenvalue weighted by atomic mass is 35.5. The molecule has 6 nitrogen and oxygen atoms in total. The lowest BCUT2D eigenvalue weighted by Crippen LogP contribution is -2.51. The number of halogens is 2. The van der Waals surface area contributed by atoms with Gasteiger partial charge in [0.2, 0.25) is 0 Å². The zero-order valence-electron chi connectivity index (χ0n) is 15.3. The molecule has 0 saturated carbocycles. The van der Waals surface area contributed by atoms with E-state index in [1.54, 1.807) is 6.07 Å². The first-order chi connectivity index (χ1) is 12.9. The predicted molar refractivity (Wildman–Crippen MR) is 109 cm³/mol. The van der Waals surface area contributed by atoms with E-state index in [1.165, 1.54) is 42.5 Å². The first-order valence-electron chi connectivity index (χ1n) is 8.78. The van der Waals surface area contributed by atoms with Crippen molar-refractivity contribution < 1.29 is 17.6 Å². The van der Waals surface area contributed by atoms with Gasteiger partial charge in [-0.1, -0.05) is 18.2 Å². The summed E-state index contributed by atoms with van der Waals surface area (Å²) in [5.74, 6) is -1.01. The molecule has 1 fully saturated rings. The second kappa shape index (κ2) is 9.36. The highest BCUT2D eigenvalue weighted by Gasteiger charge is 2.24. The van der Waals surface area contributed by atoms with Crippen LogP contribution in [0.2, 0.25) is 0 Å². The van der Waals surface area contributed by atoms with Gasteiger partial charge in [-0.2, -0.15) is 0 Å². The van der Waals surface area contributed by atoms with Crippen molar-refractivity contribution in [1.29, 1.82) is 0 Å². The van der Waals surface area contributed by atoms with Crippen molar-refractivity contribution in [1.82, 2.24) is 10.6 Å². The molecule has 3 N–H and O–H groups in total. The van der Waals surface area contributed by atoms with Crippen molar-refractivity contribution in [2.45, 2.75) is 36.7 Å². The quantitative estimate of drug-likeness (QED) is 0.684. The Kier molecular flexibility index (Phi) is 7.40. The van der Waals surface area contributed by atoms with E-state index in [1.807, 2.05) is 6.92 Å². The van der Waals surface area contributed by atoms with E-state index in [-0.39, 0.29) is 46.5 Å². The van der Waals surface area contributed by atoms with Crippen LogP contribution < -0.4 is 15.4 Å². The Labute approximate surface area is 170 Å². The van der Waals surface area contributed by atoms with Gasteiger partial charge in [0, 0.05) is 17.6 Å². The number of benzene rings is 2. The molecule has 0 aromatic heterocycles. The SMILES string of the molecule is CC1NCCCC1NC(=O)c1cccc(S(=O)(=O)Nc2ccccc2F)c1.Cl. The lowest BCUT2D eigenvalue weighted by molar-refractivity contribution is 0.0919. The lowest BCUT2D eigenvalue weighted by Gasteiger charge is -2.30. The van der Waals surface area contributed by atoms with Crippen LogP contribution in [0, 0.1) is 5.82 Å². The van der Waals surface area contributed by atoms with Crippen LogP contribution in [0.25, 0.3) is 0 Å². The van der Waals surface area contributed by atoms with E-state index < -0.39 is 15.8 Å². The fourth-order valence-corrected chi connectivity index (χ4v) is 4.16. The second-order valence-corrected chi connectivity index (χ2v) is 8.26. The van der Waals surface area contributed by atoms with Gasteiger partial charge in [-0.15, -0.1) is 12.4 Å². The van der Waals surface area contributed by atoms with E-state index in [2.05, 4.69) is 15.4 Å². The van der Waals surface area contributed by atoms with Crippen LogP contribution in [0.5, 0.6) is 0 Å². The zero-order valence-corrected chi connectivity index (χ0v) is 16.9. The number of nitrogens with one attached hydrogen (secondary N) is 3. The van der Waals surface area contributed by atoms with Crippen molar-refractivity contribution in [3.8, 4) is 0 Å². The number of hydrogen-bond donors (Lipinski definition) is 3. The molecular formula is C19H23ClFN3O3S. The number of anilines is 1. The van der Waals surface area contributed by atoms with Crippen LogP contribution in [0.1, 0.15) is 30.1 Å².